The van der Waals surface area contributed by atoms with E-state index in [1.54, 1.807) is 24.3 Å². The number of ether oxygens (including phenoxy) is 2. The number of aliphatic imine (C=N–C) groups is 1. The van der Waals surface area contributed by atoms with E-state index >= 15 is 0 Å². The molecule has 0 aromatic heterocycles. The van der Waals surface area contributed by atoms with Gasteiger partial charge in [0.05, 0.1) is 6.04 Å². The summed E-state index contributed by atoms with van der Waals surface area (Å²) >= 11 is 0. The van der Waals surface area contributed by atoms with Gasteiger partial charge in [0.2, 0.25) is 6.10 Å². The van der Waals surface area contributed by atoms with Crippen LogP contribution in [-0.4, -0.2) is 59.7 Å². The average Bonchev–Trinajstić information content (AvgIpc) is 3.42. The molecule has 0 spiro atoms. The molecule has 0 aliphatic carbocycles. The number of carboxylic acid groups (broad SMARTS) is 1. The zero-order chi connectivity index (χ0) is 26.9. The summed E-state index contributed by atoms with van der Waals surface area (Å²) in [7, 11) is 0. The monoisotopic (exact) mass is 518 g/mol. The van der Waals surface area contributed by atoms with Gasteiger partial charge in [-0.2, -0.15) is 0 Å². The maximum absolute atomic E-state index is 12.9. The number of rotatable bonds is 10. The second-order valence-electron chi connectivity index (χ2n) is 8.78. The van der Waals surface area contributed by atoms with Crippen LogP contribution in [0.2, 0.25) is 0 Å². The van der Waals surface area contributed by atoms with Crippen molar-refractivity contribution in [1.82, 2.24) is 4.90 Å². The molecule has 0 saturated carbocycles. The summed E-state index contributed by atoms with van der Waals surface area (Å²) in [5, 5.41) is 9.09. The molecule has 38 heavy (non-hydrogen) atoms. The Labute approximate surface area is 220 Å². The van der Waals surface area contributed by atoms with Crippen LogP contribution in [0, 0.1) is 0 Å². The van der Waals surface area contributed by atoms with Crippen molar-refractivity contribution in [2.75, 3.05) is 19.7 Å². The summed E-state index contributed by atoms with van der Waals surface area (Å²) in [4.78, 5) is 34.7. The van der Waals surface area contributed by atoms with E-state index in [0.29, 0.717) is 36.7 Å². The van der Waals surface area contributed by atoms with E-state index in [9.17, 15) is 9.59 Å². The van der Waals surface area contributed by atoms with Crippen molar-refractivity contribution >= 4 is 17.9 Å². The maximum Gasteiger partial charge on any atom is 0.407 e. The zero-order valence-corrected chi connectivity index (χ0v) is 20.7. The summed E-state index contributed by atoms with van der Waals surface area (Å²) in [6, 6.07) is 25.5. The van der Waals surface area contributed by atoms with Gasteiger partial charge in [-0.05, 0) is 41.8 Å². The second-order valence-corrected chi connectivity index (χ2v) is 8.78. The van der Waals surface area contributed by atoms with Crippen molar-refractivity contribution in [2.45, 2.75) is 24.7 Å². The van der Waals surface area contributed by atoms with E-state index in [-0.39, 0.29) is 12.6 Å². The molecule has 1 aliphatic heterocycles. The van der Waals surface area contributed by atoms with Gasteiger partial charge in [0.25, 0.3) is 0 Å². The maximum atomic E-state index is 12.9. The number of hydrogen-bond donors (Lipinski definition) is 3. The van der Waals surface area contributed by atoms with E-state index in [0.717, 1.165) is 11.1 Å². The fourth-order valence-electron chi connectivity index (χ4n) is 4.13. The summed E-state index contributed by atoms with van der Waals surface area (Å²) in [5.41, 5.74) is 8.41. The molecular weight excluding hydrogens is 488 g/mol. The molecule has 0 bridgehead atoms. The van der Waals surface area contributed by atoms with Crippen molar-refractivity contribution in [2.24, 2.45) is 16.6 Å². The molecule has 1 heterocycles. The number of amides is 1. The van der Waals surface area contributed by atoms with Crippen LogP contribution >= 0.6 is 0 Å². The highest BCUT2D eigenvalue weighted by Crippen LogP contribution is 2.26. The molecule has 1 saturated heterocycles. The van der Waals surface area contributed by atoms with Gasteiger partial charge in [-0.3, -0.25) is 9.83 Å². The normalized spacial score (nSPS) is 16.3. The van der Waals surface area contributed by atoms with Crippen LogP contribution in [0.4, 0.5) is 4.79 Å². The number of benzene rings is 3. The number of likely N-dealkylation sites (tertiary alicyclic amines) is 1. The first-order valence-electron chi connectivity index (χ1n) is 12.1. The van der Waals surface area contributed by atoms with Crippen molar-refractivity contribution < 1.29 is 29.0 Å². The Bertz CT molecular complexity index is 1200. The molecular formula is C28H30N4O6. The minimum absolute atomic E-state index is 0.165. The first-order valence-corrected chi connectivity index (χ1v) is 12.1. The predicted octanol–water partition coefficient (Wildman–Crippen LogP) is 3.11. The van der Waals surface area contributed by atoms with Gasteiger partial charge in [-0.25, -0.2) is 15.5 Å². The molecule has 10 heteroatoms. The van der Waals surface area contributed by atoms with Crippen LogP contribution in [0.25, 0.3) is 0 Å². The Kier molecular flexibility index (Phi) is 8.91. The summed E-state index contributed by atoms with van der Waals surface area (Å²) in [6.07, 6.45) is -2.12. The van der Waals surface area contributed by atoms with Gasteiger partial charge >= 0.3 is 12.1 Å². The molecule has 2 atom stereocenters. The topological polar surface area (TPSA) is 150 Å². The molecule has 1 fully saturated rings. The molecule has 198 valence electrons. The van der Waals surface area contributed by atoms with E-state index in [4.69, 9.17) is 31.0 Å². The Balaban J connectivity index is 1.36. The zero-order valence-electron chi connectivity index (χ0n) is 20.7. The van der Waals surface area contributed by atoms with Crippen LogP contribution in [0.3, 0.4) is 0 Å². The van der Waals surface area contributed by atoms with Gasteiger partial charge in [0.15, 0.2) is 6.10 Å². The first-order chi connectivity index (χ1) is 18.4. The van der Waals surface area contributed by atoms with Crippen LogP contribution in [0.15, 0.2) is 89.9 Å². The fraction of sp³-hybridized carbons (Fsp3) is 0.250. The lowest BCUT2D eigenvalue weighted by molar-refractivity contribution is -0.163. The van der Waals surface area contributed by atoms with Crippen LogP contribution < -0.4 is 16.4 Å². The lowest BCUT2D eigenvalue weighted by Crippen LogP contribution is -2.35. The lowest BCUT2D eigenvalue weighted by atomic mass is 10.0. The summed E-state index contributed by atoms with van der Waals surface area (Å²) in [5.74, 6) is 5.53. The van der Waals surface area contributed by atoms with E-state index in [2.05, 4.69) is 4.99 Å². The number of esters is 1. The molecule has 5 N–H and O–H groups in total. The first kappa shape index (κ1) is 26.6. The largest absolute Gasteiger partial charge is 0.490 e. The summed E-state index contributed by atoms with van der Waals surface area (Å²) in [6.45, 7) is 0.596. The number of carbonyl (C=O) groups excluding carboxylic acids is 1. The molecule has 0 radical (unpaired) electrons. The smallest absolute Gasteiger partial charge is 0.407 e. The number of hydrogen-bond acceptors (Lipinski definition) is 7. The number of amidine groups is 1. The van der Waals surface area contributed by atoms with E-state index in [1.165, 1.54) is 4.90 Å². The van der Waals surface area contributed by atoms with Crippen molar-refractivity contribution in [3.63, 3.8) is 0 Å². The highest BCUT2D eigenvalue weighted by Gasteiger charge is 2.27. The molecule has 3 aromatic rings. The SMILES string of the molecule is NO[C@@H](COc1ccc(C(N)=N[C@H]2CCN(C(=O)O)C2)cc1)C(=O)OC(c1ccccc1)c1ccccc1. The van der Waals surface area contributed by atoms with Crippen LogP contribution in [0.5, 0.6) is 5.75 Å². The summed E-state index contributed by atoms with van der Waals surface area (Å²) < 4.78 is 11.5. The minimum atomic E-state index is -1.16. The quantitative estimate of drug-likeness (QED) is 0.160. The molecule has 3 aromatic carbocycles. The van der Waals surface area contributed by atoms with Gasteiger partial charge in [0, 0.05) is 18.7 Å². The van der Waals surface area contributed by atoms with Crippen molar-refractivity contribution in [1.29, 1.82) is 0 Å². The molecule has 4 rings (SSSR count). The Morgan fingerprint density at radius 2 is 1.58 bits per heavy atom. The predicted molar refractivity (Wildman–Crippen MR) is 141 cm³/mol. The number of nitrogens with zero attached hydrogens (tertiary/aromatic N) is 2. The number of carbonyl (C=O) groups is 2. The average molecular weight is 519 g/mol. The van der Waals surface area contributed by atoms with Crippen LogP contribution in [-0.2, 0) is 14.4 Å². The van der Waals surface area contributed by atoms with Gasteiger partial charge in [-0.1, -0.05) is 60.7 Å². The Morgan fingerprint density at radius 3 is 2.11 bits per heavy atom. The third kappa shape index (κ3) is 6.87. The third-order valence-corrected chi connectivity index (χ3v) is 6.17. The minimum Gasteiger partial charge on any atom is -0.490 e. The van der Waals surface area contributed by atoms with Crippen molar-refractivity contribution in [3.05, 3.63) is 102 Å². The van der Waals surface area contributed by atoms with E-state index in [1.807, 2.05) is 60.7 Å². The highest BCUT2D eigenvalue weighted by atomic mass is 16.7. The van der Waals surface area contributed by atoms with Crippen LogP contribution in [0.1, 0.15) is 29.2 Å². The molecule has 10 nitrogen and oxygen atoms in total. The lowest BCUT2D eigenvalue weighted by Gasteiger charge is -2.22. The molecule has 1 amide bonds. The third-order valence-electron chi connectivity index (χ3n) is 6.17. The standard InChI is InChI=1S/C28H30N4O6/c29-26(31-22-15-16-32(17-22)28(34)35)21-11-13-23(14-12-21)36-18-24(38-30)27(33)37-25(19-7-3-1-4-8-19)20-9-5-2-6-10-20/h1-14,22,24-25H,15-18,30H2,(H2,29,31)(H,34,35)/t22-,24-/m0/s1. The van der Waals surface area contributed by atoms with Gasteiger partial charge in [0.1, 0.15) is 18.2 Å². The molecule has 1 aliphatic rings. The Hall–Kier alpha value is -4.41. The van der Waals surface area contributed by atoms with E-state index < -0.39 is 24.3 Å². The second kappa shape index (κ2) is 12.7. The number of nitrogens with two attached hydrogens (primary N) is 2. The fourth-order valence-corrected chi connectivity index (χ4v) is 4.13. The van der Waals surface area contributed by atoms with Crippen molar-refractivity contribution in [3.8, 4) is 5.75 Å². The molecule has 0 unspecified atom stereocenters. The Morgan fingerprint density at radius 1 is 0.974 bits per heavy atom. The van der Waals surface area contributed by atoms with Gasteiger partial charge < -0.3 is 25.2 Å². The van der Waals surface area contributed by atoms with Gasteiger partial charge in [-0.15, -0.1) is 0 Å². The highest BCUT2D eigenvalue weighted by molar-refractivity contribution is 5.97.